The number of amides is 1. The Kier molecular flexibility index (Phi) is 6.06. The topological polar surface area (TPSA) is 63.2 Å². The maximum atomic E-state index is 13.0. The Labute approximate surface area is 146 Å². The van der Waals surface area contributed by atoms with Crippen LogP contribution in [0.1, 0.15) is 11.1 Å². The fraction of sp³-hybridized carbons (Fsp3) is 0.188. The third kappa shape index (κ3) is 6.01. The molecule has 0 spiro atoms. The minimum Gasteiger partial charge on any atom is -0.351 e. The lowest BCUT2D eigenvalue weighted by Crippen LogP contribution is -2.30. The van der Waals surface area contributed by atoms with Crippen LogP contribution in [-0.2, 0) is 26.9 Å². The summed E-state index contributed by atoms with van der Waals surface area (Å²) in [6, 6.07) is 9.63. The van der Waals surface area contributed by atoms with E-state index >= 15 is 0 Å². The van der Waals surface area contributed by atoms with Crippen molar-refractivity contribution in [1.82, 2.24) is 5.32 Å². The Morgan fingerprint density at radius 1 is 1.04 bits per heavy atom. The van der Waals surface area contributed by atoms with Crippen LogP contribution in [0.5, 0.6) is 0 Å². The first kappa shape index (κ1) is 18.5. The molecule has 0 radical (unpaired) electrons. The molecule has 2 aromatic rings. The van der Waals surface area contributed by atoms with Gasteiger partial charge in [0.25, 0.3) is 0 Å². The molecule has 0 unspecified atom stereocenters. The minimum atomic E-state index is -3.65. The molecule has 2 rings (SSSR count). The highest BCUT2D eigenvalue weighted by Gasteiger charge is 2.17. The van der Waals surface area contributed by atoms with Crippen LogP contribution in [0.3, 0.4) is 0 Å². The smallest absolute Gasteiger partial charge is 0.235 e. The molecule has 0 aliphatic heterocycles. The lowest BCUT2D eigenvalue weighted by atomic mass is 10.2. The van der Waals surface area contributed by atoms with E-state index in [2.05, 4.69) is 21.2 Å². The summed E-state index contributed by atoms with van der Waals surface area (Å²) in [5.41, 5.74) is 0.773. The average Bonchev–Trinajstić information content (AvgIpc) is 2.43. The van der Waals surface area contributed by atoms with Crippen molar-refractivity contribution < 1.29 is 22.0 Å². The summed E-state index contributed by atoms with van der Waals surface area (Å²) in [6.45, 7) is -0.153. The van der Waals surface area contributed by atoms with Crippen LogP contribution in [0.4, 0.5) is 8.78 Å². The van der Waals surface area contributed by atoms with Gasteiger partial charge in [0.15, 0.2) is 9.84 Å². The number of nitrogens with one attached hydrogen (secondary N) is 1. The predicted molar refractivity (Wildman–Crippen MR) is 89.8 cm³/mol. The number of sulfone groups is 1. The lowest BCUT2D eigenvalue weighted by molar-refractivity contribution is -0.118. The van der Waals surface area contributed by atoms with E-state index < -0.39 is 33.1 Å². The Bertz CT molecular complexity index is 836. The Hall–Kier alpha value is -1.80. The monoisotopic (exact) mass is 417 g/mol. The maximum absolute atomic E-state index is 13.0. The number of halogens is 3. The zero-order valence-electron chi connectivity index (χ0n) is 12.4. The van der Waals surface area contributed by atoms with Crippen LogP contribution in [-0.4, -0.2) is 20.1 Å². The molecule has 2 aromatic carbocycles. The van der Waals surface area contributed by atoms with Gasteiger partial charge in [0.1, 0.15) is 17.4 Å². The molecule has 1 N–H and O–H groups in total. The van der Waals surface area contributed by atoms with E-state index in [-0.39, 0.29) is 17.9 Å². The second-order valence-corrected chi connectivity index (χ2v) is 8.20. The quantitative estimate of drug-likeness (QED) is 0.785. The fourth-order valence-electron chi connectivity index (χ4n) is 2.10. The van der Waals surface area contributed by atoms with Gasteiger partial charge in [0, 0.05) is 17.1 Å². The number of hydrogen-bond acceptors (Lipinski definition) is 3. The molecule has 0 aliphatic carbocycles. The first-order valence-electron chi connectivity index (χ1n) is 6.90. The third-order valence-electron chi connectivity index (χ3n) is 3.04. The third-order valence-corrected chi connectivity index (χ3v) is 5.01. The molecular formula is C16H14BrF2NO3S. The van der Waals surface area contributed by atoms with Gasteiger partial charge < -0.3 is 5.32 Å². The summed E-state index contributed by atoms with van der Waals surface area (Å²) in [6.07, 6.45) is 0. The fourth-order valence-corrected chi connectivity index (χ4v) is 3.83. The van der Waals surface area contributed by atoms with E-state index in [1.165, 1.54) is 0 Å². The van der Waals surface area contributed by atoms with Gasteiger partial charge in [-0.1, -0.05) is 28.1 Å². The number of benzene rings is 2. The summed E-state index contributed by atoms with van der Waals surface area (Å²) in [5, 5.41) is 2.35. The molecule has 0 atom stereocenters. The first-order valence-corrected chi connectivity index (χ1v) is 9.51. The van der Waals surface area contributed by atoms with Crippen molar-refractivity contribution in [2.75, 3.05) is 5.75 Å². The van der Waals surface area contributed by atoms with E-state index in [1.807, 2.05) is 0 Å². The van der Waals surface area contributed by atoms with Crippen molar-refractivity contribution in [1.29, 1.82) is 0 Å². The molecule has 24 heavy (non-hydrogen) atoms. The van der Waals surface area contributed by atoms with Crippen molar-refractivity contribution in [3.63, 3.8) is 0 Å². The zero-order valence-corrected chi connectivity index (χ0v) is 14.8. The normalized spacial score (nSPS) is 11.3. The van der Waals surface area contributed by atoms with Crippen LogP contribution in [0.2, 0.25) is 0 Å². The summed E-state index contributed by atoms with van der Waals surface area (Å²) in [5.74, 6) is -3.22. The molecule has 0 saturated heterocycles. The lowest BCUT2D eigenvalue weighted by Gasteiger charge is -2.07. The van der Waals surface area contributed by atoms with Crippen molar-refractivity contribution in [2.45, 2.75) is 12.3 Å². The van der Waals surface area contributed by atoms with E-state index in [0.29, 0.717) is 11.6 Å². The summed E-state index contributed by atoms with van der Waals surface area (Å²) >= 11 is 3.25. The van der Waals surface area contributed by atoms with Gasteiger partial charge in [0.2, 0.25) is 5.91 Å². The highest BCUT2D eigenvalue weighted by molar-refractivity contribution is 9.10. The van der Waals surface area contributed by atoms with Crippen molar-refractivity contribution in [3.05, 3.63) is 69.7 Å². The zero-order chi connectivity index (χ0) is 17.7. The summed E-state index contributed by atoms with van der Waals surface area (Å²) in [4.78, 5) is 11.8. The Balaban J connectivity index is 1.93. The molecule has 0 heterocycles. The molecule has 0 fully saturated rings. The summed E-state index contributed by atoms with van der Waals surface area (Å²) < 4.78 is 50.9. The number of rotatable bonds is 6. The Morgan fingerprint density at radius 3 is 2.33 bits per heavy atom. The molecule has 8 heteroatoms. The van der Waals surface area contributed by atoms with Gasteiger partial charge in [-0.25, -0.2) is 17.2 Å². The predicted octanol–water partition coefficient (Wildman–Crippen LogP) is 2.96. The average molecular weight is 418 g/mol. The van der Waals surface area contributed by atoms with Crippen molar-refractivity contribution >= 4 is 31.7 Å². The second-order valence-electron chi connectivity index (χ2n) is 5.22. The SMILES string of the molecule is O=C(CS(=O)(=O)Cc1cccc(Br)c1)NCc1cc(F)cc(F)c1. The van der Waals surface area contributed by atoms with Gasteiger partial charge in [-0.05, 0) is 35.4 Å². The Morgan fingerprint density at radius 2 is 1.71 bits per heavy atom. The van der Waals surface area contributed by atoms with Gasteiger partial charge in [-0.15, -0.1) is 0 Å². The highest BCUT2D eigenvalue weighted by atomic mass is 79.9. The maximum Gasteiger partial charge on any atom is 0.235 e. The summed E-state index contributed by atoms with van der Waals surface area (Å²) in [7, 11) is -3.65. The van der Waals surface area contributed by atoms with Crippen LogP contribution in [0.15, 0.2) is 46.9 Å². The number of carbonyl (C=O) groups is 1. The van der Waals surface area contributed by atoms with Gasteiger partial charge in [-0.3, -0.25) is 4.79 Å². The number of hydrogen-bond donors (Lipinski definition) is 1. The number of carbonyl (C=O) groups excluding carboxylic acids is 1. The molecule has 128 valence electrons. The molecule has 0 aliphatic rings. The van der Waals surface area contributed by atoms with E-state index in [4.69, 9.17) is 0 Å². The van der Waals surface area contributed by atoms with Crippen molar-refractivity contribution in [2.24, 2.45) is 0 Å². The van der Waals surface area contributed by atoms with Crippen LogP contribution in [0, 0.1) is 11.6 Å². The standard InChI is InChI=1S/C16H14BrF2NO3S/c17-13-3-1-2-11(4-13)9-24(22,23)10-16(21)20-8-12-5-14(18)7-15(19)6-12/h1-7H,8-10H2,(H,20,21). The molecule has 4 nitrogen and oxygen atoms in total. The van der Waals surface area contributed by atoms with Crippen LogP contribution >= 0.6 is 15.9 Å². The van der Waals surface area contributed by atoms with E-state index in [1.54, 1.807) is 24.3 Å². The van der Waals surface area contributed by atoms with Crippen LogP contribution in [0.25, 0.3) is 0 Å². The highest BCUT2D eigenvalue weighted by Crippen LogP contribution is 2.14. The second kappa shape index (κ2) is 7.85. The van der Waals surface area contributed by atoms with Gasteiger partial charge >= 0.3 is 0 Å². The molecule has 0 bridgehead atoms. The van der Waals surface area contributed by atoms with Crippen molar-refractivity contribution in [3.8, 4) is 0 Å². The first-order chi connectivity index (χ1) is 11.2. The van der Waals surface area contributed by atoms with E-state index in [9.17, 15) is 22.0 Å². The molecule has 1 amide bonds. The van der Waals surface area contributed by atoms with Gasteiger partial charge in [-0.2, -0.15) is 0 Å². The van der Waals surface area contributed by atoms with Crippen LogP contribution < -0.4 is 5.32 Å². The van der Waals surface area contributed by atoms with Gasteiger partial charge in [0.05, 0.1) is 5.75 Å². The largest absolute Gasteiger partial charge is 0.351 e. The molecular weight excluding hydrogens is 404 g/mol. The molecule has 0 saturated carbocycles. The minimum absolute atomic E-state index is 0.153. The van der Waals surface area contributed by atoms with E-state index in [0.717, 1.165) is 16.6 Å². The molecule has 0 aromatic heterocycles.